The van der Waals surface area contributed by atoms with Crippen molar-refractivity contribution in [1.29, 1.82) is 0 Å². The van der Waals surface area contributed by atoms with Crippen molar-refractivity contribution in [2.45, 2.75) is 40.3 Å². The Morgan fingerprint density at radius 3 is 2.78 bits per heavy atom. The molecule has 0 saturated heterocycles. The molecule has 2 rings (SSSR count). The number of nitrogens with one attached hydrogen (secondary N) is 1. The summed E-state index contributed by atoms with van der Waals surface area (Å²) in [6.45, 7) is 9.27. The van der Waals surface area contributed by atoms with Crippen molar-refractivity contribution in [1.82, 2.24) is 19.6 Å². The highest BCUT2D eigenvalue weighted by atomic mass is 16.2. The normalized spacial score (nSPS) is 11.4. The molecule has 6 nitrogen and oxygen atoms in total. The zero-order chi connectivity index (χ0) is 17.0. The van der Waals surface area contributed by atoms with Crippen LogP contribution in [0, 0.1) is 6.92 Å². The largest absolute Gasteiger partial charge is 0.353 e. The van der Waals surface area contributed by atoms with Crippen LogP contribution >= 0.6 is 0 Å². The van der Waals surface area contributed by atoms with Crippen molar-refractivity contribution in [2.24, 2.45) is 0 Å². The molecule has 0 spiro atoms. The molecular formula is C17H24N4O2. The summed E-state index contributed by atoms with van der Waals surface area (Å²) >= 11 is 0. The molecule has 0 saturated carbocycles. The number of aryl methyl sites for hydroxylation is 1. The third-order valence-electron chi connectivity index (χ3n) is 3.51. The summed E-state index contributed by atoms with van der Waals surface area (Å²) in [7, 11) is 0. The van der Waals surface area contributed by atoms with Crippen LogP contribution in [-0.2, 0) is 11.3 Å². The lowest BCUT2D eigenvalue weighted by molar-refractivity contribution is -0.122. The average Bonchev–Trinajstić information content (AvgIpc) is 2.46. The number of likely N-dealkylation sites (N-methyl/N-ethyl adjacent to an activating group) is 1. The number of amides is 1. The molecule has 0 unspecified atom stereocenters. The fourth-order valence-electron chi connectivity index (χ4n) is 2.42. The molecule has 2 heterocycles. The van der Waals surface area contributed by atoms with Crippen molar-refractivity contribution in [3.05, 3.63) is 46.0 Å². The van der Waals surface area contributed by atoms with Crippen LogP contribution in [0.4, 0.5) is 0 Å². The minimum absolute atomic E-state index is 0.0185. The molecule has 0 atom stereocenters. The minimum atomic E-state index is -0.101. The van der Waals surface area contributed by atoms with Gasteiger partial charge in [0.15, 0.2) is 0 Å². The second-order valence-electron chi connectivity index (χ2n) is 6.05. The van der Waals surface area contributed by atoms with E-state index in [1.165, 1.54) is 6.07 Å². The molecular weight excluding hydrogens is 292 g/mol. The van der Waals surface area contributed by atoms with E-state index in [4.69, 9.17) is 0 Å². The molecule has 6 heteroatoms. The molecule has 0 radical (unpaired) electrons. The Morgan fingerprint density at radius 1 is 1.39 bits per heavy atom. The van der Waals surface area contributed by atoms with E-state index in [0.717, 1.165) is 5.56 Å². The molecule has 0 aliphatic heterocycles. The highest BCUT2D eigenvalue weighted by Gasteiger charge is 2.12. The Hall–Kier alpha value is -2.21. The van der Waals surface area contributed by atoms with Crippen molar-refractivity contribution in [3.63, 3.8) is 0 Å². The smallest absolute Gasteiger partial charge is 0.258 e. The summed E-state index contributed by atoms with van der Waals surface area (Å²) in [5, 5.41) is 2.87. The number of nitrogens with zero attached hydrogens (tertiary/aromatic N) is 3. The number of fused-ring (bicyclic) bond motifs is 1. The van der Waals surface area contributed by atoms with E-state index in [9.17, 15) is 9.59 Å². The zero-order valence-corrected chi connectivity index (χ0v) is 14.2. The van der Waals surface area contributed by atoms with Crippen molar-refractivity contribution in [3.8, 4) is 0 Å². The molecule has 124 valence electrons. The average molecular weight is 316 g/mol. The summed E-state index contributed by atoms with van der Waals surface area (Å²) in [5.41, 5.74) is 2.21. The summed E-state index contributed by atoms with van der Waals surface area (Å²) in [4.78, 5) is 30.6. The van der Waals surface area contributed by atoms with Gasteiger partial charge in [-0.2, -0.15) is 0 Å². The van der Waals surface area contributed by atoms with Gasteiger partial charge >= 0.3 is 0 Å². The lowest BCUT2D eigenvalue weighted by atomic mass is 10.3. The molecule has 1 amide bonds. The van der Waals surface area contributed by atoms with Crippen LogP contribution in [-0.4, -0.2) is 39.3 Å². The molecule has 0 aromatic carbocycles. The molecule has 2 aromatic heterocycles. The van der Waals surface area contributed by atoms with Crippen LogP contribution in [0.1, 0.15) is 32.0 Å². The SMILES string of the molecule is CCN(CC(=O)NC(C)C)Cc1cc(=O)n2cc(C)ccc2n1. The van der Waals surface area contributed by atoms with Crippen molar-refractivity contribution >= 4 is 11.6 Å². The number of pyridine rings is 1. The van der Waals surface area contributed by atoms with E-state index in [1.807, 2.05) is 44.7 Å². The van der Waals surface area contributed by atoms with Gasteiger partial charge in [-0.05, 0) is 38.9 Å². The molecule has 0 fully saturated rings. The van der Waals surface area contributed by atoms with Crippen LogP contribution in [0.2, 0.25) is 0 Å². The van der Waals surface area contributed by atoms with E-state index in [2.05, 4.69) is 10.3 Å². The number of rotatable bonds is 6. The van der Waals surface area contributed by atoms with Gasteiger partial charge in [-0.15, -0.1) is 0 Å². The van der Waals surface area contributed by atoms with Gasteiger partial charge in [0.1, 0.15) is 5.65 Å². The van der Waals surface area contributed by atoms with Crippen LogP contribution in [0.5, 0.6) is 0 Å². The standard InChI is InChI=1S/C17H24N4O2/c1-5-20(11-16(22)18-12(2)3)10-14-8-17(23)21-9-13(4)6-7-15(21)19-14/h6-9,12H,5,10-11H2,1-4H3,(H,18,22). The summed E-state index contributed by atoms with van der Waals surface area (Å²) < 4.78 is 1.54. The first-order valence-corrected chi connectivity index (χ1v) is 7.89. The number of carbonyl (C=O) groups excluding carboxylic acids is 1. The summed E-state index contributed by atoms with van der Waals surface area (Å²) in [6.07, 6.45) is 1.78. The van der Waals surface area contributed by atoms with Crippen molar-refractivity contribution < 1.29 is 4.79 Å². The lowest BCUT2D eigenvalue weighted by Crippen LogP contribution is -2.40. The highest BCUT2D eigenvalue weighted by Crippen LogP contribution is 2.05. The zero-order valence-electron chi connectivity index (χ0n) is 14.2. The highest BCUT2D eigenvalue weighted by molar-refractivity contribution is 5.78. The maximum absolute atomic E-state index is 12.2. The fraction of sp³-hybridized carbons (Fsp3) is 0.471. The van der Waals surface area contributed by atoms with Gasteiger partial charge in [-0.1, -0.05) is 13.0 Å². The quantitative estimate of drug-likeness (QED) is 0.873. The summed E-state index contributed by atoms with van der Waals surface area (Å²) in [6, 6.07) is 5.42. The van der Waals surface area contributed by atoms with Gasteiger partial charge in [-0.25, -0.2) is 4.98 Å². The minimum Gasteiger partial charge on any atom is -0.353 e. The van der Waals surface area contributed by atoms with Gasteiger partial charge in [0.2, 0.25) is 5.91 Å². The van der Waals surface area contributed by atoms with Crippen LogP contribution in [0.15, 0.2) is 29.2 Å². The van der Waals surface area contributed by atoms with E-state index in [-0.39, 0.29) is 17.5 Å². The molecule has 2 aromatic rings. The van der Waals surface area contributed by atoms with E-state index in [1.54, 1.807) is 10.6 Å². The first-order chi connectivity index (χ1) is 10.9. The predicted molar refractivity (Wildman–Crippen MR) is 90.4 cm³/mol. The second kappa shape index (κ2) is 7.37. The Morgan fingerprint density at radius 2 is 2.13 bits per heavy atom. The van der Waals surface area contributed by atoms with Gasteiger partial charge in [0, 0.05) is 24.8 Å². The molecule has 23 heavy (non-hydrogen) atoms. The van der Waals surface area contributed by atoms with E-state index >= 15 is 0 Å². The topological polar surface area (TPSA) is 66.7 Å². The van der Waals surface area contributed by atoms with Crippen molar-refractivity contribution in [2.75, 3.05) is 13.1 Å². The monoisotopic (exact) mass is 316 g/mol. The lowest BCUT2D eigenvalue weighted by Gasteiger charge is -2.20. The summed E-state index contributed by atoms with van der Waals surface area (Å²) in [5.74, 6) is -0.0185. The van der Waals surface area contributed by atoms with Crippen LogP contribution < -0.4 is 10.9 Å². The van der Waals surface area contributed by atoms with Crippen LogP contribution in [0.25, 0.3) is 5.65 Å². The maximum Gasteiger partial charge on any atom is 0.258 e. The van der Waals surface area contributed by atoms with Gasteiger partial charge in [0.25, 0.3) is 5.56 Å². The first-order valence-electron chi connectivity index (χ1n) is 7.89. The molecule has 1 N–H and O–H groups in total. The Balaban J connectivity index is 2.18. The van der Waals surface area contributed by atoms with E-state index in [0.29, 0.717) is 31.0 Å². The second-order valence-corrected chi connectivity index (χ2v) is 6.05. The Bertz CT molecular complexity index is 752. The molecule has 0 aliphatic carbocycles. The van der Waals surface area contributed by atoms with Gasteiger partial charge < -0.3 is 5.32 Å². The maximum atomic E-state index is 12.2. The first kappa shape index (κ1) is 17.1. The van der Waals surface area contributed by atoms with E-state index < -0.39 is 0 Å². The molecule has 0 bridgehead atoms. The predicted octanol–water partition coefficient (Wildman–Crippen LogP) is 1.35. The fourth-order valence-corrected chi connectivity index (χ4v) is 2.42. The van der Waals surface area contributed by atoms with Gasteiger partial charge in [0.05, 0.1) is 12.2 Å². The third kappa shape index (κ3) is 4.63. The Labute approximate surface area is 136 Å². The number of hydrogen-bond donors (Lipinski definition) is 1. The molecule has 0 aliphatic rings. The van der Waals surface area contributed by atoms with Crippen LogP contribution in [0.3, 0.4) is 0 Å². The Kier molecular flexibility index (Phi) is 5.50. The third-order valence-corrected chi connectivity index (χ3v) is 3.51. The van der Waals surface area contributed by atoms with Gasteiger partial charge in [-0.3, -0.25) is 18.9 Å². The number of hydrogen-bond acceptors (Lipinski definition) is 4. The number of aromatic nitrogens is 2. The number of carbonyl (C=O) groups is 1.